The number of rotatable bonds is 6. The zero-order valence-electron chi connectivity index (χ0n) is 17.8. The molecule has 1 fully saturated rings. The molecule has 0 aliphatic carbocycles. The quantitative estimate of drug-likeness (QED) is 0.730. The Labute approximate surface area is 181 Å². The average molecular weight is 434 g/mol. The molecule has 0 bridgehead atoms. The lowest BCUT2D eigenvalue weighted by atomic mass is 10.0. The number of hydrogen-bond donors (Lipinski definition) is 2. The second-order valence-corrected chi connectivity index (χ2v) is 8.02. The Morgan fingerprint density at radius 2 is 2.00 bits per heavy atom. The van der Waals surface area contributed by atoms with Crippen LogP contribution in [-0.4, -0.2) is 44.3 Å². The summed E-state index contributed by atoms with van der Waals surface area (Å²) in [6.07, 6.45) is 1.78. The Morgan fingerprint density at radius 1 is 1.30 bits per heavy atom. The molecule has 0 radical (unpaired) electrons. The molecule has 0 unspecified atom stereocenters. The highest BCUT2D eigenvalue weighted by Gasteiger charge is 2.25. The highest BCUT2D eigenvalue weighted by atomic mass is 35.5. The lowest BCUT2D eigenvalue weighted by molar-refractivity contribution is 0.0853. The Bertz CT molecular complexity index is 983. The molecule has 1 aromatic heterocycles. The van der Waals surface area contributed by atoms with E-state index in [1.165, 1.54) is 7.11 Å². The molecule has 0 saturated carbocycles. The third-order valence-electron chi connectivity index (χ3n) is 5.52. The fourth-order valence-corrected chi connectivity index (χ4v) is 4.07. The number of anilines is 1. The number of amides is 1. The van der Waals surface area contributed by atoms with Crippen LogP contribution in [-0.2, 0) is 11.3 Å². The van der Waals surface area contributed by atoms with Gasteiger partial charge in [-0.05, 0) is 50.5 Å². The van der Waals surface area contributed by atoms with E-state index in [9.17, 15) is 9.59 Å². The van der Waals surface area contributed by atoms with Crippen LogP contribution in [0.15, 0.2) is 23.0 Å². The van der Waals surface area contributed by atoms with Gasteiger partial charge in [0.05, 0.1) is 18.4 Å². The molecule has 30 heavy (non-hydrogen) atoms. The summed E-state index contributed by atoms with van der Waals surface area (Å²) in [5, 5.41) is 3.27. The van der Waals surface area contributed by atoms with E-state index < -0.39 is 0 Å². The van der Waals surface area contributed by atoms with E-state index in [0.29, 0.717) is 35.1 Å². The molecule has 8 heteroatoms. The Morgan fingerprint density at radius 3 is 2.63 bits per heavy atom. The molecule has 1 aromatic carbocycles. The van der Waals surface area contributed by atoms with Crippen LogP contribution in [0.5, 0.6) is 5.75 Å². The first kappa shape index (κ1) is 22.2. The maximum atomic E-state index is 13.0. The van der Waals surface area contributed by atoms with Crippen LogP contribution < -0.4 is 20.5 Å². The van der Waals surface area contributed by atoms with Crippen molar-refractivity contribution in [2.24, 2.45) is 0 Å². The van der Waals surface area contributed by atoms with E-state index in [1.54, 1.807) is 6.07 Å². The van der Waals surface area contributed by atoms with Crippen molar-refractivity contribution in [3.8, 4) is 5.75 Å². The summed E-state index contributed by atoms with van der Waals surface area (Å²) in [7, 11) is 3.51. The smallest absolute Gasteiger partial charge is 0.255 e. The van der Waals surface area contributed by atoms with E-state index in [2.05, 4.69) is 15.2 Å². The summed E-state index contributed by atoms with van der Waals surface area (Å²) < 4.78 is 11.1. The summed E-state index contributed by atoms with van der Waals surface area (Å²) >= 11 is 6.35. The summed E-state index contributed by atoms with van der Waals surface area (Å²) in [5.74, 6) is 0.107. The number of nitrogens with one attached hydrogen (secondary N) is 2. The first-order valence-corrected chi connectivity index (χ1v) is 10.3. The SMILES string of the molecule is COc1c(C(=O)NCc2c(C)cc(C)[nH]c2=O)cc(Cl)cc1N(C)C1CCOCC1. The summed E-state index contributed by atoms with van der Waals surface area (Å²) in [6, 6.07) is 5.55. The van der Waals surface area contributed by atoms with E-state index in [1.807, 2.05) is 33.0 Å². The van der Waals surface area contributed by atoms with Crippen LogP contribution in [0.3, 0.4) is 0 Å². The minimum atomic E-state index is -0.352. The van der Waals surface area contributed by atoms with Crippen molar-refractivity contribution in [3.05, 3.63) is 56.0 Å². The van der Waals surface area contributed by atoms with E-state index >= 15 is 0 Å². The number of H-pyrrole nitrogens is 1. The highest BCUT2D eigenvalue weighted by molar-refractivity contribution is 6.31. The Kier molecular flexibility index (Phi) is 7.05. The van der Waals surface area contributed by atoms with Crippen molar-refractivity contribution in [1.82, 2.24) is 10.3 Å². The summed E-state index contributed by atoms with van der Waals surface area (Å²) in [5.41, 5.74) is 3.02. The van der Waals surface area contributed by atoms with Crippen LogP contribution in [0, 0.1) is 13.8 Å². The molecule has 1 amide bonds. The number of nitrogens with zero attached hydrogens (tertiary/aromatic N) is 1. The van der Waals surface area contributed by atoms with Crippen LogP contribution in [0.1, 0.15) is 40.0 Å². The maximum Gasteiger partial charge on any atom is 0.255 e. The van der Waals surface area contributed by atoms with E-state index in [4.69, 9.17) is 21.1 Å². The van der Waals surface area contributed by atoms with Crippen molar-refractivity contribution in [3.63, 3.8) is 0 Å². The zero-order chi connectivity index (χ0) is 21.8. The second-order valence-electron chi connectivity index (χ2n) is 7.59. The van der Waals surface area contributed by atoms with Crippen LogP contribution in [0.25, 0.3) is 0 Å². The maximum absolute atomic E-state index is 13.0. The fraction of sp³-hybridized carbons (Fsp3) is 0.455. The number of carbonyl (C=O) groups excluding carboxylic acids is 1. The topological polar surface area (TPSA) is 83.7 Å². The average Bonchev–Trinajstić information content (AvgIpc) is 2.72. The molecule has 2 N–H and O–H groups in total. The van der Waals surface area contributed by atoms with Gasteiger partial charge in [-0.3, -0.25) is 9.59 Å². The minimum absolute atomic E-state index is 0.112. The number of hydrogen-bond acceptors (Lipinski definition) is 5. The molecule has 1 aliphatic heterocycles. The number of benzene rings is 1. The zero-order valence-corrected chi connectivity index (χ0v) is 18.6. The Hall–Kier alpha value is -2.51. The van der Waals surface area contributed by atoms with Gasteiger partial charge in [0, 0.05) is 49.1 Å². The monoisotopic (exact) mass is 433 g/mol. The summed E-state index contributed by atoms with van der Waals surface area (Å²) in [6.45, 7) is 5.20. The first-order chi connectivity index (χ1) is 14.3. The molecule has 0 spiro atoms. The number of carbonyl (C=O) groups is 1. The van der Waals surface area contributed by atoms with Gasteiger partial charge >= 0.3 is 0 Å². The summed E-state index contributed by atoms with van der Waals surface area (Å²) in [4.78, 5) is 30.1. The van der Waals surface area contributed by atoms with Gasteiger partial charge in [0.15, 0.2) is 5.75 Å². The van der Waals surface area contributed by atoms with E-state index in [0.717, 1.165) is 29.8 Å². The third-order valence-corrected chi connectivity index (χ3v) is 5.74. The van der Waals surface area contributed by atoms with Gasteiger partial charge in [0.2, 0.25) is 0 Å². The first-order valence-electron chi connectivity index (χ1n) is 9.97. The van der Waals surface area contributed by atoms with Crippen molar-refractivity contribution >= 4 is 23.2 Å². The third kappa shape index (κ3) is 4.79. The second kappa shape index (κ2) is 9.53. The number of aryl methyl sites for hydroxylation is 2. The minimum Gasteiger partial charge on any atom is -0.494 e. The normalized spacial score (nSPS) is 14.4. The number of ether oxygens (including phenoxy) is 2. The molecular formula is C22H28ClN3O4. The standard InChI is InChI=1S/C22H28ClN3O4/c1-13-9-14(2)25-22(28)18(13)12-24-21(27)17-10-15(23)11-19(20(17)29-4)26(3)16-5-7-30-8-6-16/h9-11,16H,5-8,12H2,1-4H3,(H,24,27)(H,25,28). The molecule has 3 rings (SSSR count). The van der Waals surface area contributed by atoms with Gasteiger partial charge < -0.3 is 24.7 Å². The van der Waals surface area contributed by atoms with Crippen LogP contribution in [0.4, 0.5) is 5.69 Å². The molecule has 2 heterocycles. The fourth-order valence-electron chi connectivity index (χ4n) is 3.86. The number of aromatic nitrogens is 1. The number of methoxy groups -OCH3 is 1. The van der Waals surface area contributed by atoms with Crippen molar-refractivity contribution in [2.75, 3.05) is 32.3 Å². The van der Waals surface area contributed by atoms with Gasteiger partial charge in [-0.25, -0.2) is 0 Å². The lowest BCUT2D eigenvalue weighted by Gasteiger charge is -2.34. The molecular weight excluding hydrogens is 406 g/mol. The highest BCUT2D eigenvalue weighted by Crippen LogP contribution is 2.37. The molecule has 0 atom stereocenters. The van der Waals surface area contributed by atoms with Crippen LogP contribution in [0.2, 0.25) is 5.02 Å². The van der Waals surface area contributed by atoms with Crippen molar-refractivity contribution in [2.45, 2.75) is 39.3 Å². The van der Waals surface area contributed by atoms with Crippen LogP contribution >= 0.6 is 11.6 Å². The predicted molar refractivity (Wildman–Crippen MR) is 118 cm³/mol. The van der Waals surface area contributed by atoms with Gasteiger partial charge in [-0.1, -0.05) is 11.6 Å². The lowest BCUT2D eigenvalue weighted by Crippen LogP contribution is -2.37. The largest absolute Gasteiger partial charge is 0.494 e. The number of aromatic amines is 1. The van der Waals surface area contributed by atoms with Gasteiger partial charge in [-0.15, -0.1) is 0 Å². The Balaban J connectivity index is 1.87. The number of pyridine rings is 1. The van der Waals surface area contributed by atoms with Crippen molar-refractivity contribution in [1.29, 1.82) is 0 Å². The van der Waals surface area contributed by atoms with Gasteiger partial charge in [0.25, 0.3) is 11.5 Å². The molecule has 1 aliphatic rings. The number of halogens is 1. The van der Waals surface area contributed by atoms with Gasteiger partial charge in [-0.2, -0.15) is 0 Å². The molecule has 162 valence electrons. The van der Waals surface area contributed by atoms with Crippen molar-refractivity contribution < 1.29 is 14.3 Å². The van der Waals surface area contributed by atoms with Gasteiger partial charge in [0.1, 0.15) is 0 Å². The molecule has 2 aromatic rings. The predicted octanol–water partition coefficient (Wildman–Crippen LogP) is 3.20. The molecule has 1 saturated heterocycles. The van der Waals surface area contributed by atoms with E-state index in [-0.39, 0.29) is 24.1 Å². The molecule has 7 nitrogen and oxygen atoms in total.